The van der Waals surface area contributed by atoms with Crippen molar-refractivity contribution in [2.45, 2.75) is 39.3 Å². The molecule has 0 spiro atoms. The Hall–Kier alpha value is -2.13. The summed E-state index contributed by atoms with van der Waals surface area (Å²) >= 11 is 0. The molecule has 3 heteroatoms. The van der Waals surface area contributed by atoms with E-state index in [0.29, 0.717) is 0 Å². The second-order valence-corrected chi connectivity index (χ2v) is 6.78. The number of benzene rings is 2. The molecule has 0 aliphatic rings. The van der Waals surface area contributed by atoms with Crippen LogP contribution in [0.5, 0.6) is 0 Å². The summed E-state index contributed by atoms with van der Waals surface area (Å²) in [5.74, 6) is 0.834. The van der Waals surface area contributed by atoms with Crippen LogP contribution in [0.4, 0.5) is 0 Å². The quantitative estimate of drug-likeness (QED) is 0.715. The van der Waals surface area contributed by atoms with Crippen molar-refractivity contribution >= 4 is 11.0 Å². The van der Waals surface area contributed by atoms with E-state index in [9.17, 15) is 5.11 Å². The molecule has 0 aliphatic heterocycles. The zero-order chi connectivity index (χ0) is 15.7. The van der Waals surface area contributed by atoms with Gasteiger partial charge >= 0.3 is 0 Å². The molecule has 2 aromatic carbocycles. The van der Waals surface area contributed by atoms with Crippen molar-refractivity contribution in [3.8, 4) is 0 Å². The Labute approximate surface area is 131 Å². The maximum absolute atomic E-state index is 9.60. The molecule has 0 radical (unpaired) electrons. The van der Waals surface area contributed by atoms with Gasteiger partial charge in [-0.25, -0.2) is 9.55 Å². The highest BCUT2D eigenvalue weighted by atomic mass is 16.3. The van der Waals surface area contributed by atoms with Crippen LogP contribution in [0.25, 0.3) is 11.0 Å². The fraction of sp³-hybridized carbons (Fsp3) is 0.316. The average molecular weight is 295 g/mol. The van der Waals surface area contributed by atoms with Crippen LogP contribution >= 0.6 is 0 Å². The molecule has 0 saturated heterocycles. The number of imidazole rings is 1. The van der Waals surface area contributed by atoms with Gasteiger partial charge in [-0.2, -0.15) is 0 Å². The molecule has 1 aromatic heterocycles. The summed E-state index contributed by atoms with van der Waals surface area (Å²) < 4.78 is 2.14. The Balaban J connectivity index is 1.96. The van der Waals surface area contributed by atoms with E-state index in [1.54, 1.807) is 0 Å². The molecule has 0 aliphatic carbocycles. The second-order valence-electron chi connectivity index (χ2n) is 6.78. The number of fused-ring (bicyclic) bond motifs is 1. The van der Waals surface area contributed by atoms with Crippen LogP contribution in [0, 0.1) is 0 Å². The van der Waals surface area contributed by atoms with Crippen LogP contribution in [0.3, 0.4) is 0 Å². The van der Waals surface area contributed by atoms with E-state index >= 15 is 0 Å². The molecule has 0 saturated carbocycles. The van der Waals surface area contributed by atoms with Crippen molar-refractivity contribution in [2.75, 3.05) is 0 Å². The van der Waals surface area contributed by atoms with Crippen molar-refractivity contribution < 1.29 is 9.67 Å². The first-order valence-electron chi connectivity index (χ1n) is 7.69. The van der Waals surface area contributed by atoms with Crippen molar-refractivity contribution in [3.05, 3.63) is 65.5 Å². The number of aliphatic hydroxyl groups is 1. The van der Waals surface area contributed by atoms with Gasteiger partial charge < -0.3 is 5.11 Å². The highest BCUT2D eigenvalue weighted by molar-refractivity contribution is 5.71. The molecule has 2 N–H and O–H groups in total. The van der Waals surface area contributed by atoms with Gasteiger partial charge in [0.25, 0.3) is 5.82 Å². The van der Waals surface area contributed by atoms with Crippen molar-refractivity contribution in [1.29, 1.82) is 0 Å². The number of aliphatic hydroxyl groups excluding tert-OH is 1. The molecule has 3 aromatic rings. The van der Waals surface area contributed by atoms with Gasteiger partial charge in [-0.1, -0.05) is 57.2 Å². The third-order valence-electron chi connectivity index (χ3n) is 4.11. The van der Waals surface area contributed by atoms with E-state index in [2.05, 4.69) is 60.7 Å². The maximum atomic E-state index is 9.60. The van der Waals surface area contributed by atoms with E-state index in [4.69, 9.17) is 0 Å². The van der Waals surface area contributed by atoms with E-state index in [1.807, 2.05) is 18.2 Å². The predicted octanol–water partition coefficient (Wildman–Crippen LogP) is 3.29. The van der Waals surface area contributed by atoms with Gasteiger partial charge in [-0.15, -0.1) is 0 Å². The van der Waals surface area contributed by atoms with Gasteiger partial charge in [0.15, 0.2) is 11.0 Å². The van der Waals surface area contributed by atoms with Gasteiger partial charge in [0, 0.05) is 0 Å². The Bertz CT molecular complexity index is 779. The minimum atomic E-state index is 0.00869. The topological polar surface area (TPSA) is 39.9 Å². The monoisotopic (exact) mass is 295 g/mol. The number of hydrogen-bond donors (Lipinski definition) is 2. The lowest BCUT2D eigenvalue weighted by atomic mass is 9.87. The Morgan fingerprint density at radius 1 is 1.00 bits per heavy atom. The Morgan fingerprint density at radius 3 is 2.32 bits per heavy atom. The number of H-pyrrole nitrogens is 1. The molecule has 0 amide bonds. The predicted molar refractivity (Wildman–Crippen MR) is 88.7 cm³/mol. The molecule has 0 unspecified atom stereocenters. The lowest BCUT2D eigenvalue weighted by molar-refractivity contribution is -0.672. The number of hydrogen-bond acceptors (Lipinski definition) is 1. The van der Waals surface area contributed by atoms with Crippen LogP contribution in [0.1, 0.15) is 37.7 Å². The van der Waals surface area contributed by atoms with Crippen LogP contribution in [-0.4, -0.2) is 10.1 Å². The zero-order valence-electron chi connectivity index (χ0n) is 13.4. The Kier molecular flexibility index (Phi) is 3.75. The minimum Gasteiger partial charge on any atom is -0.384 e. The van der Waals surface area contributed by atoms with Gasteiger partial charge in [-0.3, -0.25) is 0 Å². The van der Waals surface area contributed by atoms with Crippen molar-refractivity contribution in [3.63, 3.8) is 0 Å². The molecule has 3 rings (SSSR count). The molecule has 3 nitrogen and oxygen atoms in total. The number of aromatic nitrogens is 2. The van der Waals surface area contributed by atoms with E-state index < -0.39 is 0 Å². The number of nitrogens with zero attached hydrogens (tertiary/aromatic N) is 1. The van der Waals surface area contributed by atoms with Crippen LogP contribution in [-0.2, 0) is 18.6 Å². The number of para-hydroxylation sites is 2. The van der Waals surface area contributed by atoms with Gasteiger partial charge in [0.2, 0.25) is 0 Å². The fourth-order valence-electron chi connectivity index (χ4n) is 2.78. The molecular weight excluding hydrogens is 272 g/mol. The molecular formula is C19H23N2O+. The van der Waals surface area contributed by atoms with E-state index in [-0.39, 0.29) is 12.0 Å². The second kappa shape index (κ2) is 5.58. The SMILES string of the molecule is CC(C)(C)c1ccc(C[n+]2c(CO)[nH]c3ccccc32)cc1. The van der Waals surface area contributed by atoms with Gasteiger partial charge in [-0.05, 0) is 28.7 Å². The standard InChI is InChI=1S/C19H22N2O/c1-19(2,3)15-10-8-14(9-11-15)12-21-17-7-5-4-6-16(17)20-18(21)13-22/h4-11,22H,12-13H2,1-3H3/p+1. The lowest BCUT2D eigenvalue weighted by Crippen LogP contribution is -2.37. The lowest BCUT2D eigenvalue weighted by Gasteiger charge is -2.19. The van der Waals surface area contributed by atoms with Gasteiger partial charge in [0.05, 0.1) is 0 Å². The summed E-state index contributed by atoms with van der Waals surface area (Å²) in [7, 11) is 0. The highest BCUT2D eigenvalue weighted by Gasteiger charge is 2.18. The first kappa shape index (κ1) is 14.8. The first-order chi connectivity index (χ1) is 10.5. The summed E-state index contributed by atoms with van der Waals surface area (Å²) in [5, 5.41) is 9.60. The summed E-state index contributed by atoms with van der Waals surface area (Å²) in [6.07, 6.45) is 0. The maximum Gasteiger partial charge on any atom is 0.281 e. The summed E-state index contributed by atoms with van der Waals surface area (Å²) in [6, 6.07) is 16.9. The fourth-order valence-corrected chi connectivity index (χ4v) is 2.78. The first-order valence-corrected chi connectivity index (χ1v) is 7.69. The van der Waals surface area contributed by atoms with Gasteiger partial charge in [0.1, 0.15) is 13.2 Å². The minimum absolute atomic E-state index is 0.00869. The molecule has 22 heavy (non-hydrogen) atoms. The number of nitrogens with one attached hydrogen (secondary N) is 1. The van der Waals surface area contributed by atoms with Crippen LogP contribution < -0.4 is 4.57 Å². The molecule has 114 valence electrons. The summed E-state index contributed by atoms with van der Waals surface area (Å²) in [6.45, 7) is 7.43. The van der Waals surface area contributed by atoms with E-state index in [1.165, 1.54) is 11.1 Å². The summed E-state index contributed by atoms with van der Waals surface area (Å²) in [5.41, 5.74) is 4.91. The summed E-state index contributed by atoms with van der Waals surface area (Å²) in [4.78, 5) is 3.28. The van der Waals surface area contributed by atoms with Crippen LogP contribution in [0.2, 0.25) is 0 Å². The molecule has 1 heterocycles. The molecule has 0 atom stereocenters. The van der Waals surface area contributed by atoms with Crippen molar-refractivity contribution in [2.24, 2.45) is 0 Å². The molecule has 0 bridgehead atoms. The average Bonchev–Trinajstić information content (AvgIpc) is 2.85. The van der Waals surface area contributed by atoms with Crippen molar-refractivity contribution in [1.82, 2.24) is 4.98 Å². The zero-order valence-corrected chi connectivity index (χ0v) is 13.4. The molecule has 0 fully saturated rings. The third-order valence-corrected chi connectivity index (χ3v) is 4.11. The van der Waals surface area contributed by atoms with E-state index in [0.717, 1.165) is 23.4 Å². The third kappa shape index (κ3) is 2.77. The largest absolute Gasteiger partial charge is 0.384 e. The Morgan fingerprint density at radius 2 is 1.68 bits per heavy atom. The smallest absolute Gasteiger partial charge is 0.281 e. The normalized spacial score (nSPS) is 12.0. The number of aromatic amines is 1. The number of rotatable bonds is 3. The highest BCUT2D eigenvalue weighted by Crippen LogP contribution is 2.22. The van der Waals surface area contributed by atoms with Crippen LogP contribution in [0.15, 0.2) is 48.5 Å².